The van der Waals surface area contributed by atoms with Crippen LogP contribution in [0.3, 0.4) is 0 Å². The molecule has 5 fully saturated rings. The molecule has 29 heavy (non-hydrogen) atoms. The Morgan fingerprint density at radius 3 is 2.28 bits per heavy atom. The molecule has 0 aromatic heterocycles. The monoisotopic (exact) mass is 402 g/mol. The molecule has 0 bridgehead atoms. The van der Waals surface area contributed by atoms with Crippen molar-refractivity contribution in [2.45, 2.75) is 116 Å². The van der Waals surface area contributed by atoms with Gasteiger partial charge in [-0.1, -0.05) is 27.7 Å². The molecule has 5 rings (SSSR count). The van der Waals surface area contributed by atoms with E-state index in [1.54, 1.807) is 0 Å². The summed E-state index contributed by atoms with van der Waals surface area (Å²) >= 11 is 0. The summed E-state index contributed by atoms with van der Waals surface area (Å²) in [5.74, 6) is 5.21. The zero-order valence-corrected chi connectivity index (χ0v) is 19.5. The number of fused-ring (bicyclic) bond motifs is 5. The lowest BCUT2D eigenvalue weighted by atomic mass is 9.43. The van der Waals surface area contributed by atoms with E-state index in [2.05, 4.69) is 27.7 Å². The summed E-state index contributed by atoms with van der Waals surface area (Å²) in [5, 5.41) is 21.9. The number of hydrogen-bond acceptors (Lipinski definition) is 2. The van der Waals surface area contributed by atoms with Crippen molar-refractivity contribution in [3.8, 4) is 0 Å². The van der Waals surface area contributed by atoms with Crippen molar-refractivity contribution < 1.29 is 10.2 Å². The van der Waals surface area contributed by atoms with Gasteiger partial charge in [-0.3, -0.25) is 0 Å². The van der Waals surface area contributed by atoms with Crippen molar-refractivity contribution in [3.63, 3.8) is 0 Å². The van der Waals surface area contributed by atoms with Crippen LogP contribution in [0.5, 0.6) is 0 Å². The summed E-state index contributed by atoms with van der Waals surface area (Å²) in [5.41, 5.74) is 0.536. The van der Waals surface area contributed by atoms with Gasteiger partial charge < -0.3 is 10.2 Å². The fourth-order valence-electron chi connectivity index (χ4n) is 9.65. The molecule has 2 nitrogen and oxygen atoms in total. The molecule has 2 heteroatoms. The summed E-state index contributed by atoms with van der Waals surface area (Å²) in [6.45, 7) is 9.78. The molecule has 0 aliphatic heterocycles. The van der Waals surface area contributed by atoms with Crippen LogP contribution in [-0.2, 0) is 0 Å². The highest BCUT2D eigenvalue weighted by molar-refractivity contribution is 5.11. The SMILES string of the molecule is CC[C@@]1(O)CC[C@@]2(C)[C@H](CC[C@@H]3[C@@H]2CC[C@]2(C)[C@@H]([C@H](C)[C@H](O)C4CC4)CC[C@@H]32)C1. The molecule has 166 valence electrons. The first-order chi connectivity index (χ1) is 13.7. The Kier molecular flexibility index (Phi) is 4.99. The molecular formula is C27H46O2. The molecule has 0 amide bonds. The highest BCUT2D eigenvalue weighted by Gasteiger charge is 2.62. The lowest BCUT2D eigenvalue weighted by Crippen LogP contribution is -2.56. The third-order valence-corrected chi connectivity index (χ3v) is 11.8. The van der Waals surface area contributed by atoms with Crippen LogP contribution in [0.1, 0.15) is 105 Å². The lowest BCUT2D eigenvalue weighted by molar-refractivity contribution is -0.154. The topological polar surface area (TPSA) is 40.5 Å². The smallest absolute Gasteiger partial charge is 0.0648 e. The third kappa shape index (κ3) is 3.09. The second-order valence-corrected chi connectivity index (χ2v) is 12.9. The van der Waals surface area contributed by atoms with Crippen LogP contribution in [0.25, 0.3) is 0 Å². The Bertz CT molecular complexity index is 628. The number of hydrogen-bond donors (Lipinski definition) is 2. The van der Waals surface area contributed by atoms with Gasteiger partial charge in [-0.2, -0.15) is 0 Å². The van der Waals surface area contributed by atoms with Gasteiger partial charge in [0.25, 0.3) is 0 Å². The Labute approximate surface area is 179 Å². The van der Waals surface area contributed by atoms with Gasteiger partial charge in [-0.15, -0.1) is 0 Å². The van der Waals surface area contributed by atoms with Crippen molar-refractivity contribution >= 4 is 0 Å². The van der Waals surface area contributed by atoms with Gasteiger partial charge in [0, 0.05) is 0 Å². The summed E-state index contributed by atoms with van der Waals surface area (Å²) < 4.78 is 0. The van der Waals surface area contributed by atoms with Crippen molar-refractivity contribution in [1.29, 1.82) is 0 Å². The molecule has 0 heterocycles. The minimum Gasteiger partial charge on any atom is -0.393 e. The largest absolute Gasteiger partial charge is 0.393 e. The molecular weight excluding hydrogens is 356 g/mol. The van der Waals surface area contributed by atoms with E-state index >= 15 is 0 Å². The standard InChI is InChI=1S/C27H46O2/c1-5-27(29)15-14-25(3)19(16-27)8-9-20-22-11-10-21(17(2)24(28)18-6-7-18)26(22,4)13-12-23(20)25/h17-24,28-29H,5-16H2,1-4H3/t17-,19+,20-,21+,22-,23-,24-,25-,26+,27+/m0/s1. The summed E-state index contributed by atoms with van der Waals surface area (Å²) in [6, 6.07) is 0. The minimum atomic E-state index is -0.382. The maximum atomic E-state index is 11.0. The van der Waals surface area contributed by atoms with Crippen molar-refractivity contribution in [2.75, 3.05) is 0 Å². The number of aliphatic hydroxyl groups excluding tert-OH is 1. The van der Waals surface area contributed by atoms with E-state index in [0.29, 0.717) is 22.7 Å². The molecule has 5 aliphatic carbocycles. The second-order valence-electron chi connectivity index (χ2n) is 12.9. The van der Waals surface area contributed by atoms with Crippen molar-refractivity contribution in [1.82, 2.24) is 0 Å². The maximum absolute atomic E-state index is 11.0. The summed E-state index contributed by atoms with van der Waals surface area (Å²) in [7, 11) is 0. The maximum Gasteiger partial charge on any atom is 0.0648 e. The summed E-state index contributed by atoms with van der Waals surface area (Å²) in [4.78, 5) is 0. The Morgan fingerprint density at radius 1 is 0.862 bits per heavy atom. The highest BCUT2D eigenvalue weighted by atomic mass is 16.3. The molecule has 5 saturated carbocycles. The second kappa shape index (κ2) is 6.96. The van der Waals surface area contributed by atoms with E-state index in [0.717, 1.165) is 48.9 Å². The molecule has 0 aromatic carbocycles. The van der Waals surface area contributed by atoms with Gasteiger partial charge in [0.05, 0.1) is 11.7 Å². The van der Waals surface area contributed by atoms with Gasteiger partial charge in [-0.25, -0.2) is 0 Å². The number of rotatable bonds is 4. The quantitative estimate of drug-likeness (QED) is 0.588. The summed E-state index contributed by atoms with van der Waals surface area (Å²) in [6.07, 6.45) is 15.0. The van der Waals surface area contributed by atoms with Gasteiger partial charge >= 0.3 is 0 Å². The Morgan fingerprint density at radius 2 is 1.59 bits per heavy atom. The van der Waals surface area contributed by atoms with E-state index in [-0.39, 0.29) is 11.7 Å². The minimum absolute atomic E-state index is 0.0494. The third-order valence-electron chi connectivity index (χ3n) is 11.8. The van der Waals surface area contributed by atoms with E-state index in [4.69, 9.17) is 0 Å². The van der Waals surface area contributed by atoms with Gasteiger partial charge in [0.2, 0.25) is 0 Å². The molecule has 0 aromatic rings. The molecule has 2 N–H and O–H groups in total. The van der Waals surface area contributed by atoms with Crippen LogP contribution in [-0.4, -0.2) is 21.9 Å². The fraction of sp³-hybridized carbons (Fsp3) is 1.00. The predicted molar refractivity (Wildman–Crippen MR) is 118 cm³/mol. The van der Waals surface area contributed by atoms with Crippen LogP contribution in [0.4, 0.5) is 0 Å². The molecule has 5 aliphatic rings. The Hall–Kier alpha value is -0.0800. The molecule has 10 atom stereocenters. The zero-order valence-electron chi connectivity index (χ0n) is 19.5. The molecule has 0 saturated heterocycles. The molecule has 0 unspecified atom stereocenters. The fourth-order valence-corrected chi connectivity index (χ4v) is 9.65. The first kappa shape index (κ1) is 20.8. The van der Waals surface area contributed by atoms with E-state index < -0.39 is 0 Å². The average molecular weight is 403 g/mol. The highest BCUT2D eigenvalue weighted by Crippen LogP contribution is 2.69. The molecule has 0 radical (unpaired) electrons. The van der Waals surface area contributed by atoms with Gasteiger partial charge in [0.15, 0.2) is 0 Å². The number of aliphatic hydroxyl groups is 2. The van der Waals surface area contributed by atoms with Crippen LogP contribution < -0.4 is 0 Å². The van der Waals surface area contributed by atoms with Crippen LogP contribution in [0.2, 0.25) is 0 Å². The van der Waals surface area contributed by atoms with E-state index in [1.165, 1.54) is 57.8 Å². The first-order valence-corrected chi connectivity index (χ1v) is 13.1. The average Bonchev–Trinajstić information content (AvgIpc) is 3.49. The van der Waals surface area contributed by atoms with Crippen molar-refractivity contribution in [2.24, 2.45) is 52.3 Å². The van der Waals surface area contributed by atoms with Crippen LogP contribution >= 0.6 is 0 Å². The van der Waals surface area contributed by atoms with Crippen molar-refractivity contribution in [3.05, 3.63) is 0 Å². The van der Waals surface area contributed by atoms with Crippen LogP contribution in [0, 0.1) is 52.3 Å². The lowest BCUT2D eigenvalue weighted by Gasteiger charge is -2.62. The zero-order chi connectivity index (χ0) is 20.6. The van der Waals surface area contributed by atoms with E-state index in [1.807, 2.05) is 0 Å². The predicted octanol–water partition coefficient (Wildman–Crippen LogP) is 6.19. The molecule has 0 spiro atoms. The van der Waals surface area contributed by atoms with E-state index in [9.17, 15) is 10.2 Å². The van der Waals surface area contributed by atoms with Crippen LogP contribution in [0.15, 0.2) is 0 Å². The first-order valence-electron chi connectivity index (χ1n) is 13.1. The van der Waals surface area contributed by atoms with Gasteiger partial charge in [0.1, 0.15) is 0 Å². The van der Waals surface area contributed by atoms with Gasteiger partial charge in [-0.05, 0) is 129 Å². The normalized spacial score (nSPS) is 54.2. The Balaban J connectivity index is 1.35.